The zero-order valence-electron chi connectivity index (χ0n) is 10.6. The third-order valence-electron chi connectivity index (χ3n) is 3.07. The maximum Gasteiger partial charge on any atom is 0.236 e. The van der Waals surface area contributed by atoms with Crippen LogP contribution < -0.4 is 11.1 Å². The summed E-state index contributed by atoms with van der Waals surface area (Å²) in [6.45, 7) is 3.78. The molecule has 1 saturated heterocycles. The van der Waals surface area contributed by atoms with E-state index in [9.17, 15) is 9.59 Å². The van der Waals surface area contributed by atoms with Gasteiger partial charge in [0.05, 0.1) is 12.1 Å². The van der Waals surface area contributed by atoms with Gasteiger partial charge in [0.15, 0.2) is 0 Å². The zero-order valence-corrected chi connectivity index (χ0v) is 10.6. The summed E-state index contributed by atoms with van der Waals surface area (Å²) < 4.78 is 0. The summed E-state index contributed by atoms with van der Waals surface area (Å²) in [7, 11) is 0. The molecule has 0 aromatic heterocycles. The number of carbonyl (C=O) groups excluding carboxylic acids is 2. The molecule has 96 valence electrons. The minimum atomic E-state index is -0.583. The number of hydrogen-bond acceptors (Lipinski definition) is 4. The van der Waals surface area contributed by atoms with Crippen LogP contribution in [0.1, 0.15) is 20.3 Å². The molecule has 3 N–H and O–H groups in total. The van der Waals surface area contributed by atoms with Crippen LogP contribution in [0.2, 0.25) is 0 Å². The van der Waals surface area contributed by atoms with Gasteiger partial charge in [0.2, 0.25) is 11.8 Å². The van der Waals surface area contributed by atoms with Gasteiger partial charge in [-0.3, -0.25) is 14.5 Å². The molecule has 1 aromatic rings. The Bertz CT molecular complexity index is 480. The van der Waals surface area contributed by atoms with Gasteiger partial charge < -0.3 is 11.1 Å². The fourth-order valence-electron chi connectivity index (χ4n) is 1.96. The van der Waals surface area contributed by atoms with Crippen molar-refractivity contribution in [3.63, 3.8) is 0 Å². The van der Waals surface area contributed by atoms with Crippen LogP contribution in [0.5, 0.6) is 0 Å². The molecule has 0 saturated carbocycles. The lowest BCUT2D eigenvalue weighted by atomic mass is 9.92. The molecule has 1 fully saturated rings. The molecule has 18 heavy (non-hydrogen) atoms. The van der Waals surface area contributed by atoms with Gasteiger partial charge in [0.25, 0.3) is 0 Å². The summed E-state index contributed by atoms with van der Waals surface area (Å²) in [6, 6.07) is 7.15. The predicted molar refractivity (Wildman–Crippen MR) is 69.6 cm³/mol. The van der Waals surface area contributed by atoms with Crippen molar-refractivity contribution in [3.05, 3.63) is 24.3 Å². The minimum absolute atomic E-state index is 0.129. The first-order valence-corrected chi connectivity index (χ1v) is 5.84. The molecular weight excluding hydrogens is 230 g/mol. The second-order valence-corrected chi connectivity index (χ2v) is 5.14. The van der Waals surface area contributed by atoms with E-state index in [-0.39, 0.29) is 24.9 Å². The molecule has 0 bridgehead atoms. The van der Waals surface area contributed by atoms with Crippen LogP contribution >= 0.6 is 0 Å². The van der Waals surface area contributed by atoms with Gasteiger partial charge in [-0.15, -0.1) is 0 Å². The van der Waals surface area contributed by atoms with Crippen molar-refractivity contribution in [1.82, 2.24) is 4.90 Å². The van der Waals surface area contributed by atoms with E-state index < -0.39 is 5.41 Å². The minimum Gasteiger partial charge on any atom is -0.399 e. The maximum atomic E-state index is 12.0. The van der Waals surface area contributed by atoms with Gasteiger partial charge >= 0.3 is 0 Å². The Morgan fingerprint density at radius 2 is 1.89 bits per heavy atom. The molecule has 2 rings (SSSR count). The first-order chi connectivity index (χ1) is 8.40. The zero-order chi connectivity index (χ0) is 13.3. The van der Waals surface area contributed by atoms with Gasteiger partial charge in [-0.1, -0.05) is 13.8 Å². The Balaban J connectivity index is 2.01. The topological polar surface area (TPSA) is 75.4 Å². The first-order valence-electron chi connectivity index (χ1n) is 5.84. The second kappa shape index (κ2) is 4.33. The van der Waals surface area contributed by atoms with E-state index in [1.807, 2.05) is 12.1 Å². The molecular formula is C13H17N3O2. The molecule has 1 aliphatic heterocycles. The van der Waals surface area contributed by atoms with Crippen molar-refractivity contribution in [2.24, 2.45) is 5.41 Å². The molecule has 5 heteroatoms. The van der Waals surface area contributed by atoms with E-state index in [0.717, 1.165) is 5.69 Å². The molecule has 0 spiro atoms. The van der Waals surface area contributed by atoms with Gasteiger partial charge in [-0.05, 0) is 24.3 Å². The summed E-state index contributed by atoms with van der Waals surface area (Å²) in [4.78, 5) is 24.9. The van der Waals surface area contributed by atoms with Crippen LogP contribution in [0.4, 0.5) is 11.4 Å². The van der Waals surface area contributed by atoms with Gasteiger partial charge in [-0.2, -0.15) is 0 Å². The van der Waals surface area contributed by atoms with Crippen molar-refractivity contribution < 1.29 is 9.59 Å². The number of benzene rings is 1. The second-order valence-electron chi connectivity index (χ2n) is 5.14. The molecule has 0 radical (unpaired) electrons. The van der Waals surface area contributed by atoms with Crippen molar-refractivity contribution in [1.29, 1.82) is 0 Å². The molecule has 0 aliphatic carbocycles. The smallest absolute Gasteiger partial charge is 0.236 e. The highest BCUT2D eigenvalue weighted by atomic mass is 16.2. The lowest BCUT2D eigenvalue weighted by Gasteiger charge is -2.18. The van der Waals surface area contributed by atoms with Crippen LogP contribution in [0.15, 0.2) is 24.3 Å². The molecule has 1 heterocycles. The largest absolute Gasteiger partial charge is 0.399 e. The SMILES string of the molecule is CC1(C)CC(=O)N(CNc2ccc(N)cc2)C1=O. The van der Waals surface area contributed by atoms with Crippen molar-refractivity contribution in [3.8, 4) is 0 Å². The molecule has 1 aromatic carbocycles. The Morgan fingerprint density at radius 3 is 2.39 bits per heavy atom. The normalized spacial score (nSPS) is 18.2. The number of rotatable bonds is 3. The Kier molecular flexibility index (Phi) is 2.98. The first kappa shape index (κ1) is 12.4. The number of nitrogens with zero attached hydrogens (tertiary/aromatic N) is 1. The van der Waals surface area contributed by atoms with Crippen molar-refractivity contribution in [2.45, 2.75) is 20.3 Å². The Hall–Kier alpha value is -2.04. The van der Waals surface area contributed by atoms with Gasteiger partial charge in [0, 0.05) is 17.8 Å². The number of carbonyl (C=O) groups is 2. The van der Waals surface area contributed by atoms with E-state index in [2.05, 4.69) is 5.32 Å². The third-order valence-corrected chi connectivity index (χ3v) is 3.07. The molecule has 1 aliphatic rings. The van der Waals surface area contributed by atoms with Crippen LogP contribution in [-0.2, 0) is 9.59 Å². The number of nitrogens with one attached hydrogen (secondary N) is 1. The highest BCUT2D eigenvalue weighted by molar-refractivity contribution is 6.05. The highest BCUT2D eigenvalue weighted by Crippen LogP contribution is 2.31. The Labute approximate surface area is 106 Å². The van der Waals surface area contributed by atoms with Crippen LogP contribution in [0, 0.1) is 5.41 Å². The van der Waals surface area contributed by atoms with E-state index >= 15 is 0 Å². The summed E-state index contributed by atoms with van der Waals surface area (Å²) in [5.74, 6) is -0.261. The maximum absolute atomic E-state index is 12.0. The molecule has 0 atom stereocenters. The Morgan fingerprint density at radius 1 is 1.28 bits per heavy atom. The number of nitrogens with two attached hydrogens (primary N) is 1. The van der Waals surface area contributed by atoms with Crippen LogP contribution in [0.3, 0.4) is 0 Å². The van der Waals surface area contributed by atoms with Crippen molar-refractivity contribution in [2.75, 3.05) is 17.7 Å². The summed E-state index contributed by atoms with van der Waals surface area (Å²) in [6.07, 6.45) is 0.273. The standard InChI is InChI=1S/C13H17N3O2/c1-13(2)7-11(17)16(12(13)18)8-15-10-5-3-9(14)4-6-10/h3-6,15H,7-8,14H2,1-2H3. The highest BCUT2D eigenvalue weighted by Gasteiger charge is 2.44. The van der Waals surface area contributed by atoms with Gasteiger partial charge in [-0.25, -0.2) is 0 Å². The number of nitrogen functional groups attached to an aromatic ring is 1. The quantitative estimate of drug-likeness (QED) is 0.625. The van der Waals surface area contributed by atoms with Crippen LogP contribution in [-0.4, -0.2) is 23.4 Å². The third kappa shape index (κ3) is 2.30. The summed E-state index contributed by atoms with van der Waals surface area (Å²) >= 11 is 0. The molecule has 0 unspecified atom stereocenters. The fourth-order valence-corrected chi connectivity index (χ4v) is 1.96. The van der Waals surface area contributed by atoms with E-state index in [1.54, 1.807) is 26.0 Å². The predicted octanol–water partition coefficient (Wildman–Crippen LogP) is 1.42. The lowest BCUT2D eigenvalue weighted by molar-refractivity contribution is -0.140. The average Bonchev–Trinajstić information content (AvgIpc) is 2.49. The number of amides is 2. The summed E-state index contributed by atoms with van der Waals surface area (Å²) in [5, 5.41) is 3.04. The summed E-state index contributed by atoms with van der Waals surface area (Å²) in [5.41, 5.74) is 6.50. The molecule has 5 nitrogen and oxygen atoms in total. The van der Waals surface area contributed by atoms with Crippen molar-refractivity contribution >= 4 is 23.2 Å². The number of imide groups is 1. The van der Waals surface area contributed by atoms with E-state index in [0.29, 0.717) is 5.69 Å². The lowest BCUT2D eigenvalue weighted by Crippen LogP contribution is -2.36. The van der Waals surface area contributed by atoms with E-state index in [4.69, 9.17) is 5.73 Å². The number of likely N-dealkylation sites (tertiary alicyclic amines) is 1. The monoisotopic (exact) mass is 247 g/mol. The fraction of sp³-hybridized carbons (Fsp3) is 0.385. The number of anilines is 2. The van der Waals surface area contributed by atoms with Crippen LogP contribution in [0.25, 0.3) is 0 Å². The van der Waals surface area contributed by atoms with Gasteiger partial charge in [0.1, 0.15) is 0 Å². The molecule has 2 amide bonds. The average molecular weight is 247 g/mol. The van der Waals surface area contributed by atoms with E-state index in [1.165, 1.54) is 4.90 Å². The number of hydrogen-bond donors (Lipinski definition) is 2.